The zero-order valence-electron chi connectivity index (χ0n) is 86.9. The fraction of sp³-hybridized carbons (Fsp3) is 0.449. The van der Waals surface area contributed by atoms with E-state index in [0.29, 0.717) is 116 Å². The molecule has 2 fully saturated rings. The second-order valence-corrected chi connectivity index (χ2v) is 61.5. The van der Waals surface area contributed by atoms with Crippen LogP contribution in [0.25, 0.3) is 0 Å². The lowest BCUT2D eigenvalue weighted by Gasteiger charge is -2.39. The van der Waals surface area contributed by atoms with E-state index in [2.05, 4.69) is 72.7 Å². The number of carbonyl (C=O) groups is 6. The number of methoxy groups -OCH3 is 1. The molecule has 0 bridgehead atoms. The molecule has 11 rings (SSSR count). The second kappa shape index (κ2) is 54.8. The van der Waals surface area contributed by atoms with Crippen LogP contribution in [0, 0.1) is 6.92 Å². The number of para-hydroxylation sites is 2. The van der Waals surface area contributed by atoms with Gasteiger partial charge in [-0.3, -0.25) is 33.8 Å². The van der Waals surface area contributed by atoms with E-state index in [0.717, 1.165) is 58.0 Å². The van der Waals surface area contributed by atoms with Crippen molar-refractivity contribution in [3.05, 3.63) is 271 Å². The third kappa shape index (κ3) is 34.8. The number of pyridine rings is 1. The molecule has 1 aromatic heterocycles. The summed E-state index contributed by atoms with van der Waals surface area (Å²) >= 11 is 38.6. The van der Waals surface area contributed by atoms with Crippen LogP contribution in [-0.4, -0.2) is 210 Å². The SMILES string of the molecule is CC(C)(C(=O)N1CCN(c2ccccc2)CC1)S(=O)(=O)c1ccc(Cl)cc1.CC(C)(C(=O)NCCc1ccncc1)S(=O)(=O)c1ccc(Cl)cc1.CC(C)(C)SCCCC(=O)C(C)(C)S(=O)(=O)c1ccc(Cl)cc1Cl.CC(C)(C)SCCNC(=O)C(C)(C)S(=O)(=O)C1CCCC1.COc1ccccc1CCNC(=O)C(C)(C)S(=O)(=O)c1ccc(Cl)cc1.Cc1ccccc1CCNC(=O)C(C)(C)S(=O)(=O)c1ccc(Cl)cc1. The van der Waals surface area contributed by atoms with Crippen molar-refractivity contribution in [2.45, 2.75) is 257 Å². The number of sulfone groups is 6. The molecular weight excluding hydrogens is 2160 g/mol. The Bertz CT molecular complexity index is 6670. The van der Waals surface area contributed by atoms with Crippen LogP contribution in [-0.2, 0) is 107 Å². The minimum atomic E-state index is -3.90. The van der Waals surface area contributed by atoms with Crippen molar-refractivity contribution in [1.29, 1.82) is 0 Å². The first-order valence-electron chi connectivity index (χ1n) is 47.6. The first-order chi connectivity index (χ1) is 68.1. The predicted octanol–water partition coefficient (Wildman–Crippen LogP) is 20.9. The van der Waals surface area contributed by atoms with Gasteiger partial charge in [-0.1, -0.05) is 185 Å². The highest BCUT2D eigenvalue weighted by Gasteiger charge is 2.50. The molecule has 1 saturated heterocycles. The number of halogens is 6. The number of piperazine rings is 1. The third-order valence-electron chi connectivity index (χ3n) is 24.8. The number of hydrogen-bond acceptors (Lipinski definition) is 23. The number of ether oxygens (including phenoxy) is 1. The van der Waals surface area contributed by atoms with E-state index in [9.17, 15) is 79.3 Å². The minimum Gasteiger partial charge on any atom is -0.496 e. The Hall–Kier alpha value is -8.33. The number of carbonyl (C=O) groups excluding carboxylic acids is 6. The summed E-state index contributed by atoms with van der Waals surface area (Å²) in [7, 11) is -21.1. The van der Waals surface area contributed by atoms with Gasteiger partial charge in [0.05, 0.1) is 41.9 Å². The van der Waals surface area contributed by atoms with Crippen LogP contribution in [0.5, 0.6) is 5.75 Å². The number of ketones is 1. The first-order valence-corrected chi connectivity index (χ1v) is 60.8. The fourth-order valence-electron chi connectivity index (χ4n) is 14.7. The van der Waals surface area contributed by atoms with Crippen molar-refractivity contribution in [2.24, 2.45) is 0 Å². The average Bonchev–Trinajstić information content (AvgIpc) is 1.78. The zero-order chi connectivity index (χ0) is 111. The number of nitrogens with zero attached hydrogens (tertiary/aromatic N) is 3. The Balaban J connectivity index is 0.000000270. The summed E-state index contributed by atoms with van der Waals surface area (Å²) in [6.45, 7) is 35.9. The highest BCUT2D eigenvalue weighted by Crippen LogP contribution is 2.39. The summed E-state index contributed by atoms with van der Waals surface area (Å²) in [6, 6.07) is 56.6. The highest BCUT2D eigenvalue weighted by molar-refractivity contribution is 8.01. The topological polar surface area (TPSA) is 384 Å². The molecule has 0 unspecified atom stereocenters. The Labute approximate surface area is 909 Å². The van der Waals surface area contributed by atoms with Gasteiger partial charge < -0.3 is 35.8 Å². The van der Waals surface area contributed by atoms with Gasteiger partial charge in [-0.25, -0.2) is 50.5 Å². The molecule has 40 heteroatoms. The Morgan fingerprint density at radius 3 is 1.16 bits per heavy atom. The summed E-state index contributed by atoms with van der Waals surface area (Å²) < 4.78 is 150. The van der Waals surface area contributed by atoms with Crippen molar-refractivity contribution < 1.29 is 84.0 Å². The van der Waals surface area contributed by atoms with Crippen LogP contribution in [0.2, 0.25) is 30.1 Å². The quantitative estimate of drug-likeness (QED) is 0.0265. The van der Waals surface area contributed by atoms with Gasteiger partial charge in [0, 0.05) is 117 Å². The molecule has 5 amide bonds. The van der Waals surface area contributed by atoms with Gasteiger partial charge in [0.2, 0.25) is 29.5 Å². The molecule has 4 N–H and O–H groups in total. The molecule has 147 heavy (non-hydrogen) atoms. The van der Waals surface area contributed by atoms with Crippen molar-refractivity contribution >= 4 is 193 Å². The van der Waals surface area contributed by atoms with Crippen LogP contribution in [0.15, 0.2) is 243 Å². The van der Waals surface area contributed by atoms with Crippen molar-refractivity contribution in [3.8, 4) is 5.75 Å². The van der Waals surface area contributed by atoms with Gasteiger partial charge in [-0.05, 0) is 302 Å². The normalized spacial score (nSPS) is 13.7. The molecule has 0 spiro atoms. The Morgan fingerprint density at radius 2 is 0.748 bits per heavy atom. The van der Waals surface area contributed by atoms with Gasteiger partial charge in [0.1, 0.15) is 34.2 Å². The van der Waals surface area contributed by atoms with Crippen LogP contribution in [0.1, 0.15) is 185 Å². The summed E-state index contributed by atoms with van der Waals surface area (Å²) in [5.74, 6) is -0.321. The lowest BCUT2D eigenvalue weighted by molar-refractivity contribution is -0.133. The fourth-order valence-corrected chi connectivity index (χ4v) is 27.0. The number of nitrogens with one attached hydrogen (secondary N) is 4. The number of anilines is 1. The van der Waals surface area contributed by atoms with Gasteiger partial charge in [0.15, 0.2) is 64.8 Å². The lowest BCUT2D eigenvalue weighted by Crippen LogP contribution is -2.56. The first kappa shape index (κ1) is 127. The number of hydrogen-bond donors (Lipinski definition) is 4. The predicted molar refractivity (Wildman–Crippen MR) is 599 cm³/mol. The van der Waals surface area contributed by atoms with E-state index in [-0.39, 0.29) is 68.3 Å². The smallest absolute Gasteiger partial charge is 0.243 e. The maximum atomic E-state index is 13.1. The van der Waals surface area contributed by atoms with Crippen LogP contribution in [0.4, 0.5) is 5.69 Å². The molecule has 1 saturated carbocycles. The van der Waals surface area contributed by atoms with E-state index < -0.39 is 105 Å². The number of aryl methyl sites for hydroxylation is 1. The number of amides is 5. The van der Waals surface area contributed by atoms with Crippen LogP contribution in [0.3, 0.4) is 0 Å². The van der Waals surface area contributed by atoms with E-state index in [1.807, 2.05) is 97.9 Å². The largest absolute Gasteiger partial charge is 0.496 e. The Morgan fingerprint density at radius 1 is 0.388 bits per heavy atom. The lowest BCUT2D eigenvalue weighted by atomic mass is 10.0. The zero-order valence-corrected chi connectivity index (χ0v) is 98.0. The molecule has 9 aromatic rings. The number of thioether (sulfide) groups is 2. The van der Waals surface area contributed by atoms with E-state index in [1.165, 1.54) is 198 Å². The van der Waals surface area contributed by atoms with Crippen LogP contribution >= 0.6 is 93.1 Å². The number of rotatable bonds is 36. The van der Waals surface area contributed by atoms with E-state index in [4.69, 9.17) is 74.3 Å². The van der Waals surface area contributed by atoms with Gasteiger partial charge in [-0.15, -0.1) is 0 Å². The van der Waals surface area contributed by atoms with Gasteiger partial charge in [-0.2, -0.15) is 23.5 Å². The molecule has 1 aliphatic heterocycles. The molecule has 806 valence electrons. The van der Waals surface area contributed by atoms with Gasteiger partial charge in [0.25, 0.3) is 0 Å². The average molecular weight is 2300 g/mol. The maximum Gasteiger partial charge on any atom is 0.243 e. The summed E-state index contributed by atoms with van der Waals surface area (Å²) in [4.78, 5) is 83.4. The van der Waals surface area contributed by atoms with Crippen molar-refractivity contribution in [1.82, 2.24) is 31.2 Å². The van der Waals surface area contributed by atoms with Crippen LogP contribution < -0.4 is 30.9 Å². The Kier molecular flexibility index (Phi) is 47.4. The second-order valence-electron chi connectivity index (χ2n) is 39.9. The van der Waals surface area contributed by atoms with Crippen molar-refractivity contribution in [2.75, 3.05) is 75.9 Å². The molecule has 8 aromatic carbocycles. The molecular formula is C107H139Cl6N7O19S8. The highest BCUT2D eigenvalue weighted by atomic mass is 35.5. The molecule has 2 heterocycles. The van der Waals surface area contributed by atoms with Crippen molar-refractivity contribution in [3.63, 3.8) is 0 Å². The molecule has 1 aliphatic carbocycles. The molecule has 0 atom stereocenters. The number of benzene rings is 8. The number of Topliss-reactive ketones (excluding diaryl/α,β-unsaturated/α-hetero) is 1. The molecule has 2 aliphatic rings. The van der Waals surface area contributed by atoms with E-state index in [1.54, 1.807) is 47.9 Å². The summed E-state index contributed by atoms with van der Waals surface area (Å²) in [5.41, 5.74) is 5.33. The summed E-state index contributed by atoms with van der Waals surface area (Å²) in [6.07, 6.45) is 9.28. The summed E-state index contributed by atoms with van der Waals surface area (Å²) in [5, 5.41) is 12.7. The monoisotopic (exact) mass is 2290 g/mol. The third-order valence-corrected chi connectivity index (χ3v) is 44.3. The molecule has 0 radical (unpaired) electrons. The maximum absolute atomic E-state index is 13.1. The van der Waals surface area contributed by atoms with E-state index >= 15 is 0 Å². The van der Waals surface area contributed by atoms with Gasteiger partial charge >= 0.3 is 0 Å². The molecule has 26 nitrogen and oxygen atoms in total. The number of aromatic nitrogens is 1. The minimum absolute atomic E-state index is 0.0339. The standard InChI is InChI=1S/C20H23ClN2O3S.C19H22ClNO4S.C19H22ClNO3S.C17H24Cl2O3S2.C17H19ClN2O3S.C15H29NO3S2/c1-20(2,27(25,26)18-10-8-16(21)9-11-18)19(24)23-14-12-22(13-15-23)17-6-4-3-5-7-17;1-19(2,26(23,24)16-10-8-15(20)9-11-16)18(22)21-13-12-14-6-4-5-7-17(14)25-3;1-14-6-4-5-7-15(14)12-13-21-18(22)19(2,3)25(23,24)17-10-8-16(20)9-11-17;1-16(2,3)23-10-6-7-15(20)17(4,5)24(21,22)14-9-8-12(18)11-13(14)19;1-17(2,24(22,23)15-5-3-14(18)4-6-15)16(21)20-12-9-13-7-10-19-11-8-13;1-14(2,3)20-11-10-16-13(17)15(4,5)21(18,19)12-8-6-7-9-12/h3-11H,12-15H2,1-2H3;4-11H,12-13H2,1-3H3,(H,21,22);4-11H,12-13H2,1-3H3,(H,21,22);8-9,11H,6-7,10H2,1-5H3;3-8,10-11H,9,12H2,1-2H3,(H,20,21);12H,6-11H2,1-5H3,(H,16,17).